The van der Waals surface area contributed by atoms with E-state index in [4.69, 9.17) is 16.3 Å². The van der Waals surface area contributed by atoms with Crippen LogP contribution in [0.2, 0.25) is 4.34 Å². The number of rotatable bonds is 3. The first-order valence-corrected chi connectivity index (χ1v) is 8.33. The molecule has 1 N–H and O–H groups in total. The monoisotopic (exact) mass is 379 g/mol. The topological polar surface area (TPSA) is 56.1 Å². The number of anilines is 1. The second kappa shape index (κ2) is 6.29. The summed E-state index contributed by atoms with van der Waals surface area (Å²) in [6.45, 7) is 1.74. The highest BCUT2D eigenvalue weighted by Gasteiger charge is 2.47. The number of hydrogen-bond donors (Lipinski definition) is 1. The fraction of sp³-hybridized carbons (Fsp3) is 0.429. The van der Waals surface area contributed by atoms with Crippen molar-refractivity contribution in [2.75, 3.05) is 11.9 Å². The Kier molecular flexibility index (Phi) is 4.48. The fourth-order valence-electron chi connectivity index (χ4n) is 2.62. The molecule has 2 atom stereocenters. The summed E-state index contributed by atoms with van der Waals surface area (Å²) in [6, 6.07) is 0.854. The first-order valence-electron chi connectivity index (χ1n) is 7.14. The van der Waals surface area contributed by atoms with Crippen molar-refractivity contribution in [3.05, 3.63) is 33.1 Å². The number of fused-ring (bicyclic) bond motifs is 1. The van der Waals surface area contributed by atoms with Gasteiger partial charge in [-0.2, -0.15) is 18.3 Å². The molecule has 24 heavy (non-hydrogen) atoms. The molecule has 0 spiro atoms. The SMILES string of the molecule is CCOC(=O)c1cnn2c1N[C@H](c1ccc(Cl)s1)C[C@@H]2C(F)(F)F. The molecule has 0 saturated carbocycles. The zero-order valence-electron chi connectivity index (χ0n) is 12.4. The minimum absolute atomic E-state index is 0.0107. The fourth-order valence-corrected chi connectivity index (χ4v) is 3.75. The maximum absolute atomic E-state index is 13.4. The van der Waals surface area contributed by atoms with Gasteiger partial charge in [-0.1, -0.05) is 11.6 Å². The van der Waals surface area contributed by atoms with Gasteiger partial charge < -0.3 is 10.1 Å². The van der Waals surface area contributed by atoms with Gasteiger partial charge in [0.05, 0.1) is 23.2 Å². The predicted molar refractivity (Wildman–Crippen MR) is 83.6 cm³/mol. The highest BCUT2D eigenvalue weighted by Crippen LogP contribution is 2.45. The van der Waals surface area contributed by atoms with E-state index in [1.54, 1.807) is 19.1 Å². The van der Waals surface area contributed by atoms with E-state index in [-0.39, 0.29) is 24.4 Å². The Morgan fingerprint density at radius 3 is 2.88 bits per heavy atom. The summed E-state index contributed by atoms with van der Waals surface area (Å²) < 4.78 is 46.5. The minimum Gasteiger partial charge on any atom is -0.462 e. The number of carbonyl (C=O) groups excluding carboxylic acids is 1. The maximum Gasteiger partial charge on any atom is 0.410 e. The summed E-state index contributed by atoms with van der Waals surface area (Å²) in [7, 11) is 0. The van der Waals surface area contributed by atoms with Gasteiger partial charge in [-0.15, -0.1) is 11.3 Å². The summed E-state index contributed by atoms with van der Waals surface area (Å²) in [5.74, 6) is -0.700. The third-order valence-electron chi connectivity index (χ3n) is 3.67. The highest BCUT2D eigenvalue weighted by atomic mass is 35.5. The predicted octanol–water partition coefficient (Wildman–Crippen LogP) is 4.44. The lowest BCUT2D eigenvalue weighted by Crippen LogP contribution is -2.36. The van der Waals surface area contributed by atoms with Crippen molar-refractivity contribution >= 4 is 34.7 Å². The molecule has 2 aromatic rings. The molecular weight excluding hydrogens is 367 g/mol. The molecular formula is C14H13ClF3N3O2S. The summed E-state index contributed by atoms with van der Waals surface area (Å²) in [5.41, 5.74) is -0.0153. The number of alkyl halides is 3. The van der Waals surface area contributed by atoms with Crippen LogP contribution < -0.4 is 5.32 Å². The highest BCUT2D eigenvalue weighted by molar-refractivity contribution is 7.16. The molecule has 0 amide bonds. The summed E-state index contributed by atoms with van der Waals surface area (Å²) in [6.07, 6.45) is -3.63. The molecule has 0 saturated heterocycles. The Balaban J connectivity index is 2.02. The molecule has 0 bridgehead atoms. The number of aromatic nitrogens is 2. The molecule has 1 aliphatic rings. The molecule has 0 aromatic carbocycles. The molecule has 3 heterocycles. The van der Waals surface area contributed by atoms with Gasteiger partial charge in [0.1, 0.15) is 11.4 Å². The van der Waals surface area contributed by atoms with Gasteiger partial charge in [0.25, 0.3) is 0 Å². The van der Waals surface area contributed by atoms with E-state index in [1.807, 2.05) is 0 Å². The van der Waals surface area contributed by atoms with Crippen LogP contribution in [0.15, 0.2) is 18.3 Å². The van der Waals surface area contributed by atoms with E-state index in [0.29, 0.717) is 9.21 Å². The first kappa shape index (κ1) is 17.1. The smallest absolute Gasteiger partial charge is 0.410 e. The Morgan fingerprint density at radius 2 is 2.29 bits per heavy atom. The number of hydrogen-bond acceptors (Lipinski definition) is 5. The van der Waals surface area contributed by atoms with Crippen LogP contribution in [0.25, 0.3) is 0 Å². The van der Waals surface area contributed by atoms with Crippen LogP contribution in [-0.2, 0) is 4.74 Å². The number of nitrogens with zero attached hydrogens (tertiary/aromatic N) is 2. The molecule has 2 aromatic heterocycles. The molecule has 5 nitrogen and oxygen atoms in total. The lowest BCUT2D eigenvalue weighted by Gasteiger charge is -2.33. The molecule has 0 fully saturated rings. The number of ether oxygens (including phenoxy) is 1. The molecule has 3 rings (SSSR count). The Bertz CT molecular complexity index is 759. The molecule has 130 valence electrons. The van der Waals surface area contributed by atoms with E-state index in [1.165, 1.54) is 11.3 Å². The summed E-state index contributed by atoms with van der Waals surface area (Å²) >= 11 is 7.08. The van der Waals surface area contributed by atoms with Crippen LogP contribution in [0.4, 0.5) is 19.0 Å². The number of esters is 1. The standard InChI is InChI=1S/C14H13ClF3N3O2S/c1-2-23-13(22)7-6-19-21-10(14(16,17)18)5-8(20-12(7)21)9-3-4-11(15)24-9/h3-4,6,8,10,20H,2,5H2,1H3/t8-,10+/m0/s1. The molecule has 0 aliphatic carbocycles. The van der Waals surface area contributed by atoms with Crippen molar-refractivity contribution < 1.29 is 22.7 Å². The van der Waals surface area contributed by atoms with Crippen LogP contribution in [-0.4, -0.2) is 28.5 Å². The number of halogens is 4. The van der Waals surface area contributed by atoms with E-state index in [2.05, 4.69) is 10.4 Å². The van der Waals surface area contributed by atoms with Crippen molar-refractivity contribution in [1.29, 1.82) is 0 Å². The number of nitrogens with one attached hydrogen (secondary N) is 1. The van der Waals surface area contributed by atoms with Gasteiger partial charge in [0, 0.05) is 11.3 Å². The Labute approximate surface area is 144 Å². The second-order valence-electron chi connectivity index (χ2n) is 5.20. The van der Waals surface area contributed by atoms with Gasteiger partial charge in [-0.25, -0.2) is 9.48 Å². The third kappa shape index (κ3) is 3.10. The van der Waals surface area contributed by atoms with Gasteiger partial charge in [-0.05, 0) is 19.1 Å². The van der Waals surface area contributed by atoms with Crippen molar-refractivity contribution in [2.45, 2.75) is 31.6 Å². The lowest BCUT2D eigenvalue weighted by atomic mass is 10.0. The average molecular weight is 380 g/mol. The first-order chi connectivity index (χ1) is 11.3. The van der Waals surface area contributed by atoms with Gasteiger partial charge >= 0.3 is 12.1 Å². The summed E-state index contributed by atoms with van der Waals surface area (Å²) in [4.78, 5) is 12.6. The van der Waals surface area contributed by atoms with Crippen LogP contribution in [0, 0.1) is 0 Å². The van der Waals surface area contributed by atoms with Crippen LogP contribution in [0.5, 0.6) is 0 Å². The van der Waals surface area contributed by atoms with E-state index >= 15 is 0 Å². The minimum atomic E-state index is -4.49. The van der Waals surface area contributed by atoms with Crippen LogP contribution >= 0.6 is 22.9 Å². The average Bonchev–Trinajstić information content (AvgIpc) is 3.11. The van der Waals surface area contributed by atoms with Gasteiger partial charge in [-0.3, -0.25) is 0 Å². The number of thiophene rings is 1. The van der Waals surface area contributed by atoms with Crippen LogP contribution in [0.1, 0.15) is 40.7 Å². The van der Waals surface area contributed by atoms with Gasteiger partial charge in [0.15, 0.2) is 6.04 Å². The van der Waals surface area contributed by atoms with E-state index in [9.17, 15) is 18.0 Å². The maximum atomic E-state index is 13.4. The zero-order valence-corrected chi connectivity index (χ0v) is 14.0. The lowest BCUT2D eigenvalue weighted by molar-refractivity contribution is -0.173. The normalized spacial score (nSPS) is 20.4. The second-order valence-corrected chi connectivity index (χ2v) is 6.95. The van der Waals surface area contributed by atoms with E-state index < -0.39 is 24.2 Å². The van der Waals surface area contributed by atoms with Crippen LogP contribution in [0.3, 0.4) is 0 Å². The van der Waals surface area contributed by atoms with Crippen molar-refractivity contribution in [1.82, 2.24) is 9.78 Å². The van der Waals surface area contributed by atoms with Crippen molar-refractivity contribution in [3.63, 3.8) is 0 Å². The van der Waals surface area contributed by atoms with E-state index in [0.717, 1.165) is 10.9 Å². The molecule has 0 radical (unpaired) electrons. The zero-order chi connectivity index (χ0) is 17.5. The van der Waals surface area contributed by atoms with Crippen molar-refractivity contribution in [2.24, 2.45) is 0 Å². The molecule has 10 heteroatoms. The molecule has 0 unspecified atom stereocenters. The van der Waals surface area contributed by atoms with Crippen molar-refractivity contribution in [3.8, 4) is 0 Å². The molecule has 1 aliphatic heterocycles. The Morgan fingerprint density at radius 1 is 1.54 bits per heavy atom. The Hall–Kier alpha value is -1.74. The third-order valence-corrected chi connectivity index (χ3v) is 5.02. The summed E-state index contributed by atoms with van der Waals surface area (Å²) in [5, 5.41) is 6.72. The van der Waals surface area contributed by atoms with Gasteiger partial charge in [0.2, 0.25) is 0 Å². The quantitative estimate of drug-likeness (QED) is 0.801. The largest absolute Gasteiger partial charge is 0.462 e. The number of carbonyl (C=O) groups is 1.